The van der Waals surface area contributed by atoms with Crippen LogP contribution in [-0.2, 0) is 19.1 Å². The number of Topliss-reactive ketones (excluding diaryl/α,β-unsaturated/α-hetero) is 1. The van der Waals surface area contributed by atoms with Gasteiger partial charge in [0.05, 0.1) is 0 Å². The van der Waals surface area contributed by atoms with Crippen molar-refractivity contribution in [1.29, 1.82) is 0 Å². The molecule has 0 heterocycles. The van der Waals surface area contributed by atoms with Gasteiger partial charge in [0.1, 0.15) is 6.61 Å². The van der Waals surface area contributed by atoms with E-state index in [0.29, 0.717) is 24.7 Å². The summed E-state index contributed by atoms with van der Waals surface area (Å²) in [5.74, 6) is 0.993. The molecule has 0 radical (unpaired) electrons. The lowest BCUT2D eigenvalue weighted by molar-refractivity contribution is -0.151. The third-order valence-corrected chi connectivity index (χ3v) is 8.94. The number of aliphatic hydroxyl groups excluding tert-OH is 1. The molecule has 2 saturated carbocycles. The molecule has 0 aromatic heterocycles. The van der Waals surface area contributed by atoms with Crippen molar-refractivity contribution in [2.75, 3.05) is 13.2 Å². The van der Waals surface area contributed by atoms with Crippen molar-refractivity contribution in [2.45, 2.75) is 72.1 Å². The second kappa shape index (κ2) is 8.31. The van der Waals surface area contributed by atoms with E-state index in [2.05, 4.69) is 26.8 Å². The lowest BCUT2D eigenvalue weighted by atomic mass is 9.51. The van der Waals surface area contributed by atoms with E-state index in [1.807, 2.05) is 6.08 Å². The quantitative estimate of drug-likeness (QED) is 0.507. The summed E-state index contributed by atoms with van der Waals surface area (Å²) in [7, 11) is 0. The fourth-order valence-electron chi connectivity index (χ4n) is 7.45. The summed E-state index contributed by atoms with van der Waals surface area (Å²) in [6.07, 6.45) is 10.3. The highest BCUT2D eigenvalue weighted by molar-refractivity contribution is 5.92. The lowest BCUT2D eigenvalue weighted by Gasteiger charge is -2.53. The third-order valence-electron chi connectivity index (χ3n) is 8.94. The van der Waals surface area contributed by atoms with Crippen molar-refractivity contribution in [3.63, 3.8) is 0 Å². The molecular formula is C26H36O5. The SMILES string of the molecule is CC1CC2C3CCC4=CC(=O)CCC4(C)C3=CCC2(C)C1C(=O)COC(=O)CCCO. The van der Waals surface area contributed by atoms with Crippen molar-refractivity contribution in [2.24, 2.45) is 34.5 Å². The third kappa shape index (κ3) is 3.73. The topological polar surface area (TPSA) is 80.7 Å². The number of allylic oxidation sites excluding steroid dienone is 4. The van der Waals surface area contributed by atoms with E-state index in [9.17, 15) is 14.4 Å². The normalized spacial score (nSPS) is 39.0. The number of ether oxygens (including phenoxy) is 1. The predicted molar refractivity (Wildman–Crippen MR) is 117 cm³/mol. The highest BCUT2D eigenvalue weighted by atomic mass is 16.5. The average molecular weight is 429 g/mol. The van der Waals surface area contributed by atoms with Crippen LogP contribution < -0.4 is 0 Å². The van der Waals surface area contributed by atoms with Gasteiger partial charge in [0, 0.05) is 30.8 Å². The summed E-state index contributed by atoms with van der Waals surface area (Å²) >= 11 is 0. The molecule has 1 N–H and O–H groups in total. The van der Waals surface area contributed by atoms with Crippen molar-refractivity contribution < 1.29 is 24.2 Å². The molecule has 6 atom stereocenters. The fraction of sp³-hybridized carbons (Fsp3) is 0.731. The Hall–Kier alpha value is -1.75. The second-order valence-corrected chi connectivity index (χ2v) is 10.7. The monoisotopic (exact) mass is 428 g/mol. The van der Waals surface area contributed by atoms with Crippen molar-refractivity contribution in [3.05, 3.63) is 23.3 Å². The molecule has 2 fully saturated rings. The minimum Gasteiger partial charge on any atom is -0.458 e. The Bertz CT molecular complexity index is 839. The number of carbonyl (C=O) groups is 3. The van der Waals surface area contributed by atoms with Crippen LogP contribution in [0, 0.1) is 34.5 Å². The van der Waals surface area contributed by atoms with Gasteiger partial charge < -0.3 is 9.84 Å². The van der Waals surface area contributed by atoms with Gasteiger partial charge in [0.25, 0.3) is 0 Å². The van der Waals surface area contributed by atoms with Crippen LogP contribution in [0.5, 0.6) is 0 Å². The zero-order chi connectivity index (χ0) is 22.4. The number of ketones is 2. The van der Waals surface area contributed by atoms with Gasteiger partial charge in [-0.25, -0.2) is 0 Å². The summed E-state index contributed by atoms with van der Waals surface area (Å²) < 4.78 is 5.24. The molecule has 0 spiro atoms. The van der Waals surface area contributed by atoms with Crippen LogP contribution in [-0.4, -0.2) is 35.9 Å². The summed E-state index contributed by atoms with van der Waals surface area (Å²) in [5, 5.41) is 8.86. The maximum Gasteiger partial charge on any atom is 0.306 e. The first-order chi connectivity index (χ1) is 14.7. The minimum absolute atomic E-state index is 0.00568. The molecule has 170 valence electrons. The molecule has 4 aliphatic rings. The molecular weight excluding hydrogens is 392 g/mol. The highest BCUT2D eigenvalue weighted by Crippen LogP contribution is 2.65. The number of esters is 1. The van der Waals surface area contributed by atoms with Gasteiger partial charge in [-0.1, -0.05) is 38.0 Å². The predicted octanol–water partition coefficient (Wildman–Crippen LogP) is 4.19. The Kier molecular flexibility index (Phi) is 6.01. The van der Waals surface area contributed by atoms with Crippen LogP contribution in [0.1, 0.15) is 72.1 Å². The molecule has 0 amide bonds. The molecule has 0 aromatic carbocycles. The Morgan fingerprint density at radius 3 is 2.77 bits per heavy atom. The lowest BCUT2D eigenvalue weighted by Crippen LogP contribution is -2.46. The van der Waals surface area contributed by atoms with E-state index in [1.165, 1.54) is 11.1 Å². The number of hydrogen-bond donors (Lipinski definition) is 1. The summed E-state index contributed by atoms with van der Waals surface area (Å²) in [4.78, 5) is 37.0. The van der Waals surface area contributed by atoms with Crippen molar-refractivity contribution in [3.8, 4) is 0 Å². The second-order valence-electron chi connectivity index (χ2n) is 10.7. The maximum absolute atomic E-state index is 13.2. The van der Waals surface area contributed by atoms with Crippen LogP contribution in [0.15, 0.2) is 23.3 Å². The molecule has 4 rings (SSSR count). The zero-order valence-corrected chi connectivity index (χ0v) is 19.1. The Morgan fingerprint density at radius 1 is 1.26 bits per heavy atom. The minimum atomic E-state index is -0.410. The first-order valence-electron chi connectivity index (χ1n) is 11.9. The first-order valence-corrected chi connectivity index (χ1v) is 11.9. The highest BCUT2D eigenvalue weighted by Gasteiger charge is 2.59. The smallest absolute Gasteiger partial charge is 0.306 e. The molecule has 5 nitrogen and oxygen atoms in total. The van der Waals surface area contributed by atoms with Gasteiger partial charge in [-0.3, -0.25) is 14.4 Å². The maximum atomic E-state index is 13.2. The molecule has 0 aliphatic heterocycles. The van der Waals surface area contributed by atoms with Crippen molar-refractivity contribution >= 4 is 17.5 Å². The van der Waals surface area contributed by atoms with Gasteiger partial charge in [0.15, 0.2) is 11.6 Å². The summed E-state index contributed by atoms with van der Waals surface area (Å²) in [6, 6.07) is 0. The first kappa shape index (κ1) is 22.4. The Labute approximate surface area is 185 Å². The number of hydrogen-bond acceptors (Lipinski definition) is 5. The van der Waals surface area contributed by atoms with Crippen LogP contribution in [0.25, 0.3) is 0 Å². The number of carbonyl (C=O) groups excluding carboxylic acids is 3. The fourth-order valence-corrected chi connectivity index (χ4v) is 7.45. The molecule has 0 saturated heterocycles. The van der Waals surface area contributed by atoms with E-state index >= 15 is 0 Å². The molecule has 4 aliphatic carbocycles. The number of fused-ring (bicyclic) bond motifs is 5. The summed E-state index contributed by atoms with van der Waals surface area (Å²) in [5.41, 5.74) is 2.72. The van der Waals surface area contributed by atoms with E-state index in [0.717, 1.165) is 32.1 Å². The van der Waals surface area contributed by atoms with Crippen LogP contribution in [0.4, 0.5) is 0 Å². The molecule has 0 aromatic rings. The van der Waals surface area contributed by atoms with Crippen LogP contribution in [0.3, 0.4) is 0 Å². The molecule has 31 heavy (non-hydrogen) atoms. The van der Waals surface area contributed by atoms with E-state index < -0.39 is 5.97 Å². The average Bonchev–Trinajstić information content (AvgIpc) is 3.01. The van der Waals surface area contributed by atoms with Gasteiger partial charge in [-0.15, -0.1) is 0 Å². The standard InChI is InChI=1S/C26H36O5/c1-16-13-21-19-7-6-17-14-18(28)8-10-25(17,2)20(19)9-11-26(21,3)24(16)22(29)15-31-23(30)5-4-12-27/h9,14,16,19,21,24,27H,4-8,10-13,15H2,1-3H3. The van der Waals surface area contributed by atoms with E-state index in [1.54, 1.807) is 0 Å². The van der Waals surface area contributed by atoms with Gasteiger partial charge >= 0.3 is 5.97 Å². The van der Waals surface area contributed by atoms with Crippen LogP contribution >= 0.6 is 0 Å². The summed E-state index contributed by atoms with van der Waals surface area (Å²) in [6.45, 7) is 6.55. The van der Waals surface area contributed by atoms with Gasteiger partial charge in [-0.2, -0.15) is 0 Å². The van der Waals surface area contributed by atoms with Crippen LogP contribution in [0.2, 0.25) is 0 Å². The molecule has 5 heteroatoms. The van der Waals surface area contributed by atoms with Crippen molar-refractivity contribution in [1.82, 2.24) is 0 Å². The molecule has 6 unspecified atom stereocenters. The largest absolute Gasteiger partial charge is 0.458 e. The molecule has 0 bridgehead atoms. The van der Waals surface area contributed by atoms with E-state index in [-0.39, 0.29) is 53.9 Å². The van der Waals surface area contributed by atoms with E-state index in [4.69, 9.17) is 9.84 Å². The number of rotatable bonds is 6. The number of aliphatic hydroxyl groups is 1. The zero-order valence-electron chi connectivity index (χ0n) is 19.1. The van der Waals surface area contributed by atoms with Gasteiger partial charge in [0.2, 0.25) is 0 Å². The van der Waals surface area contributed by atoms with Gasteiger partial charge in [-0.05, 0) is 67.8 Å². The Morgan fingerprint density at radius 2 is 2.03 bits per heavy atom. The Balaban J connectivity index is 1.54.